The van der Waals surface area contributed by atoms with Crippen LogP contribution in [-0.4, -0.2) is 20.0 Å². The molecule has 0 amide bonds. The van der Waals surface area contributed by atoms with E-state index in [4.69, 9.17) is 13.9 Å². The van der Waals surface area contributed by atoms with Crippen molar-refractivity contribution in [1.82, 2.24) is 0 Å². The van der Waals surface area contributed by atoms with Gasteiger partial charge in [-0.2, -0.15) is 0 Å². The molecule has 0 fully saturated rings. The summed E-state index contributed by atoms with van der Waals surface area (Å²) in [5, 5.41) is 0.138. The van der Waals surface area contributed by atoms with E-state index in [1.807, 2.05) is 36.4 Å². The zero-order valence-electron chi connectivity index (χ0n) is 16.5. The van der Waals surface area contributed by atoms with Gasteiger partial charge in [0.05, 0.1) is 0 Å². The number of methoxy groups -OCH3 is 1. The average molecular weight is 409 g/mol. The van der Waals surface area contributed by atoms with Gasteiger partial charge in [-0.25, -0.2) is 0 Å². The van der Waals surface area contributed by atoms with Gasteiger partial charge < -0.3 is 0 Å². The molecule has 0 unspecified atom stereocenters. The van der Waals surface area contributed by atoms with E-state index < -0.39 is 8.32 Å². The van der Waals surface area contributed by atoms with Crippen molar-refractivity contribution >= 4 is 12.9 Å². The van der Waals surface area contributed by atoms with Crippen molar-refractivity contribution < 1.29 is 29.8 Å². The van der Waals surface area contributed by atoms with Crippen LogP contribution in [0.4, 0.5) is 0 Å². The average Bonchev–Trinajstić information content (AvgIpc) is 2.59. The normalized spacial score (nSPS) is 11.9. The van der Waals surface area contributed by atoms with Crippen LogP contribution in [-0.2, 0) is 27.2 Å². The Morgan fingerprint density at radius 2 is 1.69 bits per heavy atom. The van der Waals surface area contributed by atoms with Crippen molar-refractivity contribution in [2.24, 2.45) is 0 Å². The van der Waals surface area contributed by atoms with Crippen molar-refractivity contribution in [2.75, 3.05) is 7.11 Å². The Kier molecular flexibility index (Phi) is 6.87. The Labute approximate surface area is 166 Å². The third kappa shape index (κ3) is 5.31. The van der Waals surface area contributed by atoms with Gasteiger partial charge >= 0.3 is 166 Å². The van der Waals surface area contributed by atoms with Crippen LogP contribution in [0.1, 0.15) is 31.9 Å². The summed E-state index contributed by atoms with van der Waals surface area (Å²) in [6.07, 6.45) is 0. The van der Waals surface area contributed by atoms with Crippen LogP contribution in [0.2, 0.25) is 18.1 Å². The molecule has 0 N–H and O–H groups in total. The summed E-state index contributed by atoms with van der Waals surface area (Å²) in [5.41, 5.74) is 2.01. The van der Waals surface area contributed by atoms with Crippen molar-refractivity contribution in [3.05, 3.63) is 59.7 Å². The molecule has 0 aliphatic heterocycles. The summed E-state index contributed by atoms with van der Waals surface area (Å²) >= 11 is 2.96. The van der Waals surface area contributed by atoms with Gasteiger partial charge in [-0.1, -0.05) is 0 Å². The van der Waals surface area contributed by atoms with Crippen LogP contribution in [0.15, 0.2) is 48.5 Å². The molecule has 2 rings (SSSR count). The molecular formula is C21H28CrO3Si. The summed E-state index contributed by atoms with van der Waals surface area (Å²) in [4.78, 5) is 0. The van der Waals surface area contributed by atoms with Gasteiger partial charge in [0.2, 0.25) is 0 Å². The predicted octanol–water partition coefficient (Wildman–Crippen LogP) is 5.32. The van der Waals surface area contributed by atoms with Crippen LogP contribution in [0.3, 0.4) is 0 Å². The Bertz CT molecular complexity index is 752. The molecule has 0 aromatic heterocycles. The van der Waals surface area contributed by atoms with E-state index in [-0.39, 0.29) is 5.04 Å². The number of hydrogen-bond donors (Lipinski definition) is 0. The maximum absolute atomic E-state index is 6.43. The second kappa shape index (κ2) is 8.54. The molecule has 140 valence electrons. The first-order chi connectivity index (χ1) is 12.1. The predicted molar refractivity (Wildman–Crippen MR) is 106 cm³/mol. The van der Waals surface area contributed by atoms with E-state index in [0.717, 1.165) is 22.6 Å². The van der Waals surface area contributed by atoms with Gasteiger partial charge in [0.25, 0.3) is 0 Å². The summed E-state index contributed by atoms with van der Waals surface area (Å²) < 4.78 is 18.6. The molecule has 0 bridgehead atoms. The first-order valence-corrected chi connectivity index (χ1v) is 12.3. The van der Waals surface area contributed by atoms with Gasteiger partial charge in [0, 0.05) is 0 Å². The van der Waals surface area contributed by atoms with E-state index in [2.05, 4.69) is 61.8 Å². The molecule has 0 saturated heterocycles. The van der Waals surface area contributed by atoms with Crippen LogP contribution < -0.4 is 9.16 Å². The van der Waals surface area contributed by atoms with Gasteiger partial charge in [-0.3, -0.25) is 0 Å². The summed E-state index contributed by atoms with van der Waals surface area (Å²) in [6, 6.07) is 16.1. The van der Waals surface area contributed by atoms with E-state index in [1.54, 1.807) is 7.11 Å². The van der Waals surface area contributed by atoms with Gasteiger partial charge in [0.15, 0.2) is 0 Å². The van der Waals surface area contributed by atoms with Crippen LogP contribution >= 0.6 is 0 Å². The minimum absolute atomic E-state index is 0.138. The van der Waals surface area contributed by atoms with Crippen LogP contribution in [0.5, 0.6) is 11.5 Å². The number of ether oxygens (including phenoxy) is 2. The molecule has 2 aromatic rings. The Hall–Kier alpha value is -1.38. The van der Waals surface area contributed by atoms with Crippen molar-refractivity contribution in [3.63, 3.8) is 0 Å². The standard InChI is InChI=1S/C21H28O3Si.Cr/c1-21(2,3)25(5,6)24-19-13-12-18(16-22-4)20(14-19)23-15-17-10-8-7-9-11-17;/h7-14H,15H2,1-6H3;. The molecule has 0 atom stereocenters. The monoisotopic (exact) mass is 408 g/mol. The molecule has 5 heteroatoms. The van der Waals surface area contributed by atoms with Crippen molar-refractivity contribution in [3.8, 4) is 11.5 Å². The van der Waals surface area contributed by atoms with Crippen LogP contribution in [0.25, 0.3) is 0 Å². The molecule has 26 heavy (non-hydrogen) atoms. The van der Waals surface area contributed by atoms with Gasteiger partial charge in [-0.15, -0.1) is 0 Å². The molecule has 0 aliphatic carbocycles. The fourth-order valence-electron chi connectivity index (χ4n) is 2.15. The Morgan fingerprint density at radius 3 is 2.27 bits per heavy atom. The van der Waals surface area contributed by atoms with Crippen molar-refractivity contribution in [2.45, 2.75) is 45.5 Å². The topological polar surface area (TPSA) is 27.7 Å². The molecule has 0 spiro atoms. The summed E-state index contributed by atoms with van der Waals surface area (Å²) in [6.45, 7) is 11.7. The zero-order valence-corrected chi connectivity index (χ0v) is 18.7. The van der Waals surface area contributed by atoms with E-state index >= 15 is 0 Å². The van der Waals surface area contributed by atoms with E-state index in [9.17, 15) is 0 Å². The van der Waals surface area contributed by atoms with Gasteiger partial charge in [0.1, 0.15) is 0 Å². The third-order valence-electron chi connectivity index (χ3n) is 4.77. The van der Waals surface area contributed by atoms with Crippen molar-refractivity contribution in [1.29, 1.82) is 0 Å². The zero-order chi connectivity index (χ0) is 19.4. The molecule has 0 radical (unpaired) electrons. The number of rotatable bonds is 7. The number of hydrogen-bond acceptors (Lipinski definition) is 3. The quantitative estimate of drug-likeness (QED) is 0.580. The molecule has 0 heterocycles. The molecule has 3 nitrogen and oxygen atoms in total. The Morgan fingerprint density at radius 1 is 1.04 bits per heavy atom. The maximum atomic E-state index is 6.43. The van der Waals surface area contributed by atoms with Crippen LogP contribution in [0, 0.1) is 0 Å². The van der Waals surface area contributed by atoms with Gasteiger partial charge in [-0.05, 0) is 0 Å². The second-order valence-electron chi connectivity index (χ2n) is 7.79. The SMILES string of the molecule is CO[C](=[Cr])c1ccc(O[Si](C)(C)C(C)(C)C)cc1OCc1ccccc1. The Balaban J connectivity index is 2.29. The fourth-order valence-corrected chi connectivity index (χ4v) is 3.43. The molecular weight excluding hydrogens is 380 g/mol. The fraction of sp³-hybridized carbons (Fsp3) is 0.381. The molecule has 0 saturated carbocycles. The minimum atomic E-state index is -1.91. The number of benzene rings is 2. The van der Waals surface area contributed by atoms with E-state index in [1.165, 1.54) is 0 Å². The summed E-state index contributed by atoms with van der Waals surface area (Å²) in [7, 11) is -0.264. The molecule has 0 aliphatic rings. The second-order valence-corrected chi connectivity index (χ2v) is 13.1. The third-order valence-corrected chi connectivity index (χ3v) is 9.74. The summed E-state index contributed by atoms with van der Waals surface area (Å²) in [5.74, 6) is 1.59. The first-order valence-electron chi connectivity index (χ1n) is 8.72. The van der Waals surface area contributed by atoms with E-state index in [0.29, 0.717) is 11.2 Å². The first kappa shape index (κ1) is 20.9. The molecule has 2 aromatic carbocycles.